The van der Waals surface area contributed by atoms with Crippen molar-refractivity contribution >= 4 is 11.7 Å². The van der Waals surface area contributed by atoms with Crippen LogP contribution in [0.1, 0.15) is 28.8 Å². The van der Waals surface area contributed by atoms with Crippen molar-refractivity contribution in [2.24, 2.45) is 5.92 Å². The van der Waals surface area contributed by atoms with Crippen LogP contribution in [0.5, 0.6) is 0 Å². The maximum absolute atomic E-state index is 13.5. The number of aromatic nitrogens is 4. The van der Waals surface area contributed by atoms with E-state index in [1.165, 1.54) is 10.9 Å². The molecule has 0 N–H and O–H groups in total. The van der Waals surface area contributed by atoms with Gasteiger partial charge in [-0.05, 0) is 43.0 Å². The molecule has 32 heavy (non-hydrogen) atoms. The zero-order chi connectivity index (χ0) is 22.5. The lowest BCUT2D eigenvalue weighted by atomic mass is 10.0. The molecule has 1 amide bonds. The molecule has 1 aromatic carbocycles. The predicted molar refractivity (Wildman–Crippen MR) is 110 cm³/mol. The lowest BCUT2D eigenvalue weighted by Crippen LogP contribution is -2.51. The second-order valence-corrected chi connectivity index (χ2v) is 8.28. The van der Waals surface area contributed by atoms with E-state index in [4.69, 9.17) is 0 Å². The second-order valence-electron chi connectivity index (χ2n) is 8.28. The summed E-state index contributed by atoms with van der Waals surface area (Å²) in [5, 5.41) is 8.30. The van der Waals surface area contributed by atoms with Gasteiger partial charge in [-0.25, -0.2) is 4.98 Å². The number of hydrogen-bond acceptors (Lipinski definition) is 5. The van der Waals surface area contributed by atoms with Crippen LogP contribution in [0, 0.1) is 5.92 Å². The van der Waals surface area contributed by atoms with E-state index in [-0.39, 0.29) is 18.0 Å². The highest BCUT2D eigenvalue weighted by atomic mass is 19.4. The van der Waals surface area contributed by atoms with Crippen molar-refractivity contribution in [1.82, 2.24) is 24.9 Å². The summed E-state index contributed by atoms with van der Waals surface area (Å²) >= 11 is 0. The van der Waals surface area contributed by atoms with Gasteiger partial charge in [0.1, 0.15) is 5.82 Å². The van der Waals surface area contributed by atoms with Crippen molar-refractivity contribution in [1.29, 1.82) is 0 Å². The smallest absolute Gasteiger partial charge is 0.355 e. The monoisotopic (exact) mass is 442 g/mol. The minimum Gasteiger partial charge on any atom is -0.355 e. The molecule has 166 valence electrons. The van der Waals surface area contributed by atoms with E-state index in [0.29, 0.717) is 29.5 Å². The Kier molecular flexibility index (Phi) is 4.87. The number of fused-ring (bicyclic) bond motifs is 2. The Morgan fingerprint density at radius 3 is 2.50 bits per heavy atom. The highest BCUT2D eigenvalue weighted by Crippen LogP contribution is 2.42. The van der Waals surface area contributed by atoms with Gasteiger partial charge in [-0.2, -0.15) is 28.2 Å². The normalized spacial score (nSPS) is 22.4. The minimum absolute atomic E-state index is 0.0167. The van der Waals surface area contributed by atoms with Crippen LogP contribution in [0.2, 0.25) is 0 Å². The van der Waals surface area contributed by atoms with Crippen LogP contribution < -0.4 is 4.90 Å². The number of halogens is 3. The third-order valence-corrected chi connectivity index (χ3v) is 6.41. The SMILES string of the molecule is CN(c1ccc(C(F)(F)F)cn1)[C@@H]1C[C@@H]2C[C@@H]1N(C(=O)c1ccccc1-n1nccn1)C2. The molecule has 2 fully saturated rings. The maximum atomic E-state index is 13.5. The van der Waals surface area contributed by atoms with Crippen molar-refractivity contribution in [2.75, 3.05) is 18.5 Å². The number of nitrogens with zero attached hydrogens (tertiary/aromatic N) is 6. The Morgan fingerprint density at radius 1 is 1.09 bits per heavy atom. The summed E-state index contributed by atoms with van der Waals surface area (Å²) in [7, 11) is 1.82. The summed E-state index contributed by atoms with van der Waals surface area (Å²) in [5.41, 5.74) is 0.355. The van der Waals surface area contributed by atoms with Gasteiger partial charge in [0.05, 0.1) is 41.3 Å². The third-order valence-electron chi connectivity index (χ3n) is 6.41. The topological polar surface area (TPSA) is 67.2 Å². The van der Waals surface area contributed by atoms with Gasteiger partial charge < -0.3 is 9.80 Å². The summed E-state index contributed by atoms with van der Waals surface area (Å²) in [6.45, 7) is 0.662. The Balaban J connectivity index is 1.38. The van der Waals surface area contributed by atoms with E-state index >= 15 is 0 Å². The molecule has 3 heterocycles. The maximum Gasteiger partial charge on any atom is 0.417 e. The molecule has 1 aliphatic heterocycles. The number of pyridine rings is 1. The van der Waals surface area contributed by atoms with Crippen molar-refractivity contribution in [3.63, 3.8) is 0 Å². The van der Waals surface area contributed by atoms with E-state index in [0.717, 1.165) is 25.1 Å². The number of carbonyl (C=O) groups excluding carboxylic acids is 1. The minimum atomic E-state index is -4.42. The molecule has 0 spiro atoms. The Morgan fingerprint density at radius 2 is 1.84 bits per heavy atom. The van der Waals surface area contributed by atoms with E-state index < -0.39 is 11.7 Å². The first-order valence-corrected chi connectivity index (χ1v) is 10.4. The number of amides is 1. The number of carbonyl (C=O) groups is 1. The number of likely N-dealkylation sites (N-methyl/N-ethyl adjacent to an activating group) is 1. The lowest BCUT2D eigenvalue weighted by Gasteiger charge is -2.39. The lowest BCUT2D eigenvalue weighted by molar-refractivity contribution is -0.137. The molecule has 0 unspecified atom stereocenters. The summed E-state index contributed by atoms with van der Waals surface area (Å²) in [5.74, 6) is 0.716. The van der Waals surface area contributed by atoms with Gasteiger partial charge in [0, 0.05) is 19.8 Å². The summed E-state index contributed by atoms with van der Waals surface area (Å²) in [6, 6.07) is 9.59. The van der Waals surface area contributed by atoms with Gasteiger partial charge in [-0.3, -0.25) is 4.79 Å². The molecule has 2 bridgehead atoms. The number of piperidine rings is 1. The van der Waals surface area contributed by atoms with Gasteiger partial charge in [0.25, 0.3) is 5.91 Å². The highest BCUT2D eigenvalue weighted by molar-refractivity contribution is 5.98. The molecule has 2 aromatic heterocycles. The van der Waals surface area contributed by atoms with E-state index in [1.807, 2.05) is 29.0 Å². The molecule has 3 atom stereocenters. The van der Waals surface area contributed by atoms with Crippen LogP contribution in [0.4, 0.5) is 19.0 Å². The fourth-order valence-corrected chi connectivity index (χ4v) is 4.90. The molecule has 1 saturated carbocycles. The number of likely N-dealkylation sites (tertiary alicyclic amines) is 1. The van der Waals surface area contributed by atoms with Crippen LogP contribution in [0.3, 0.4) is 0 Å². The Labute approximate surface area is 182 Å². The molecule has 3 aromatic rings. The van der Waals surface area contributed by atoms with E-state index in [9.17, 15) is 18.0 Å². The number of alkyl halides is 3. The first kappa shape index (κ1) is 20.5. The number of hydrogen-bond donors (Lipinski definition) is 0. The molecule has 7 nitrogen and oxygen atoms in total. The largest absolute Gasteiger partial charge is 0.417 e. The van der Waals surface area contributed by atoms with Gasteiger partial charge in [0.15, 0.2) is 0 Å². The van der Waals surface area contributed by atoms with Crippen molar-refractivity contribution < 1.29 is 18.0 Å². The summed E-state index contributed by atoms with van der Waals surface area (Å²) < 4.78 is 38.6. The van der Waals surface area contributed by atoms with Gasteiger partial charge in [-0.1, -0.05) is 12.1 Å². The molecular formula is C22H21F3N6O. The quantitative estimate of drug-likeness (QED) is 0.620. The number of benzene rings is 1. The molecule has 10 heteroatoms. The summed E-state index contributed by atoms with van der Waals surface area (Å²) in [4.78, 5) is 22.7. The first-order valence-electron chi connectivity index (χ1n) is 10.4. The predicted octanol–water partition coefficient (Wildman–Crippen LogP) is 3.42. The van der Waals surface area contributed by atoms with Crippen LogP contribution in [0.25, 0.3) is 5.69 Å². The fraction of sp³-hybridized carbons (Fsp3) is 0.364. The second kappa shape index (κ2) is 7.61. The van der Waals surface area contributed by atoms with E-state index in [2.05, 4.69) is 15.2 Å². The summed E-state index contributed by atoms with van der Waals surface area (Å²) in [6.07, 6.45) is 1.29. The first-order chi connectivity index (χ1) is 15.3. The standard InChI is InChI=1S/C22H21F3N6O/c1-29(20-7-6-15(12-26-20)22(23,24)25)18-10-14-11-19(18)30(13-14)21(32)16-4-2-3-5-17(16)31-27-8-9-28-31/h2-9,12,14,18-19H,10-11,13H2,1H3/t14-,18-,19+/m1/s1. The zero-order valence-electron chi connectivity index (χ0n) is 17.3. The van der Waals surface area contributed by atoms with E-state index in [1.54, 1.807) is 24.5 Å². The molecule has 0 radical (unpaired) electrons. The van der Waals surface area contributed by atoms with Crippen LogP contribution in [-0.4, -0.2) is 56.5 Å². The van der Waals surface area contributed by atoms with Gasteiger partial charge in [0.2, 0.25) is 0 Å². The average molecular weight is 442 g/mol. The fourth-order valence-electron chi connectivity index (χ4n) is 4.90. The average Bonchev–Trinajstić information content (AvgIpc) is 3.55. The Bertz CT molecular complexity index is 1120. The van der Waals surface area contributed by atoms with Crippen LogP contribution in [-0.2, 0) is 6.18 Å². The number of para-hydroxylation sites is 1. The third kappa shape index (κ3) is 3.49. The van der Waals surface area contributed by atoms with Crippen LogP contribution >= 0.6 is 0 Å². The number of anilines is 1. The number of rotatable bonds is 4. The van der Waals surface area contributed by atoms with Gasteiger partial charge in [-0.15, -0.1) is 0 Å². The zero-order valence-corrected chi connectivity index (χ0v) is 17.3. The molecule has 5 rings (SSSR count). The molecule has 1 saturated heterocycles. The molecule has 2 aliphatic rings. The van der Waals surface area contributed by atoms with Crippen molar-refractivity contribution in [3.05, 3.63) is 66.1 Å². The van der Waals surface area contributed by atoms with Crippen LogP contribution in [0.15, 0.2) is 55.0 Å². The van der Waals surface area contributed by atoms with Gasteiger partial charge >= 0.3 is 6.18 Å². The van der Waals surface area contributed by atoms with Crippen molar-refractivity contribution in [3.8, 4) is 5.69 Å². The Hall–Kier alpha value is -3.43. The molecule has 1 aliphatic carbocycles. The molecular weight excluding hydrogens is 421 g/mol. The highest BCUT2D eigenvalue weighted by Gasteiger charge is 2.49. The van der Waals surface area contributed by atoms with Crippen molar-refractivity contribution in [2.45, 2.75) is 31.1 Å².